The lowest BCUT2D eigenvalue weighted by molar-refractivity contribution is 0.103. The van der Waals surface area contributed by atoms with Crippen LogP contribution in [-0.4, -0.2) is 10.8 Å². The number of carbonyl (C=O) groups excluding carboxylic acids is 1. The Morgan fingerprint density at radius 1 is 1.40 bits per heavy atom. The van der Waals surface area contributed by atoms with Crippen molar-refractivity contribution >= 4 is 49.0 Å². The molecule has 2 nitrogen and oxygen atoms in total. The van der Waals surface area contributed by atoms with E-state index in [0.29, 0.717) is 15.0 Å². The van der Waals surface area contributed by atoms with Gasteiger partial charge in [0.05, 0.1) is 4.88 Å². The summed E-state index contributed by atoms with van der Waals surface area (Å²) in [6, 6.07) is 5.46. The fourth-order valence-electron chi connectivity index (χ4n) is 1.11. The zero-order chi connectivity index (χ0) is 10.8. The van der Waals surface area contributed by atoms with E-state index in [-0.39, 0.29) is 5.78 Å². The van der Waals surface area contributed by atoms with Crippen LogP contribution >= 0.6 is 43.2 Å². The highest BCUT2D eigenvalue weighted by molar-refractivity contribution is 9.11. The fraction of sp³-hybridized carbons (Fsp3) is 0. The van der Waals surface area contributed by atoms with Crippen LogP contribution < -0.4 is 0 Å². The van der Waals surface area contributed by atoms with Gasteiger partial charge in [-0.05, 0) is 49.4 Å². The van der Waals surface area contributed by atoms with Crippen molar-refractivity contribution in [1.29, 1.82) is 0 Å². The third-order valence-corrected chi connectivity index (χ3v) is 3.67. The number of carbonyl (C=O) groups is 1. The van der Waals surface area contributed by atoms with E-state index in [9.17, 15) is 4.79 Å². The largest absolute Gasteiger partial charge is 0.286 e. The first-order valence-corrected chi connectivity index (χ1v) is 6.54. The number of hydrogen-bond acceptors (Lipinski definition) is 3. The van der Waals surface area contributed by atoms with Gasteiger partial charge in [0, 0.05) is 15.1 Å². The Balaban J connectivity index is 2.42. The van der Waals surface area contributed by atoms with Gasteiger partial charge in [-0.2, -0.15) is 0 Å². The predicted octanol–water partition coefficient (Wildman–Crippen LogP) is 3.90. The highest BCUT2D eigenvalue weighted by Crippen LogP contribution is 2.23. The molecule has 0 aliphatic rings. The zero-order valence-corrected chi connectivity index (χ0v) is 11.4. The Hall–Kier alpha value is -0.520. The predicted molar refractivity (Wildman–Crippen MR) is 67.4 cm³/mol. The summed E-state index contributed by atoms with van der Waals surface area (Å²) in [5.74, 6) is -0.0515. The molecular weight excluding hydrogens is 342 g/mol. The molecule has 0 fully saturated rings. The highest BCUT2D eigenvalue weighted by Gasteiger charge is 2.14. The Kier molecular flexibility index (Phi) is 3.33. The lowest BCUT2D eigenvalue weighted by atomic mass is 10.2. The van der Waals surface area contributed by atoms with Crippen LogP contribution in [0.15, 0.2) is 38.7 Å². The minimum absolute atomic E-state index is 0.0515. The number of halogens is 2. The van der Waals surface area contributed by atoms with E-state index < -0.39 is 0 Å². The van der Waals surface area contributed by atoms with Gasteiger partial charge in [-0.25, -0.2) is 0 Å². The van der Waals surface area contributed by atoms with Crippen LogP contribution in [0.3, 0.4) is 0 Å². The Morgan fingerprint density at radius 2 is 2.20 bits per heavy atom. The normalized spacial score (nSPS) is 10.3. The van der Waals surface area contributed by atoms with E-state index in [1.165, 1.54) is 11.3 Å². The standard InChI is InChI=1S/C10H5Br2NOS/c11-6-4-7(12)9(13-5-6)10(14)8-2-1-3-15-8/h1-5H. The molecule has 0 atom stereocenters. The maximum atomic E-state index is 11.9. The number of pyridine rings is 1. The molecule has 0 spiro atoms. The lowest BCUT2D eigenvalue weighted by Crippen LogP contribution is -2.02. The zero-order valence-electron chi connectivity index (χ0n) is 7.41. The van der Waals surface area contributed by atoms with Crippen LogP contribution in [-0.2, 0) is 0 Å². The van der Waals surface area contributed by atoms with Gasteiger partial charge in [0.2, 0.25) is 5.78 Å². The third-order valence-electron chi connectivity index (χ3n) is 1.77. The third kappa shape index (κ3) is 2.35. The summed E-state index contributed by atoms with van der Waals surface area (Å²) in [6.07, 6.45) is 1.62. The van der Waals surface area contributed by atoms with Crippen molar-refractivity contribution in [3.63, 3.8) is 0 Å². The van der Waals surface area contributed by atoms with Crippen LogP contribution in [0.25, 0.3) is 0 Å². The molecule has 0 bridgehead atoms. The summed E-state index contributed by atoms with van der Waals surface area (Å²) in [5, 5.41) is 1.87. The van der Waals surface area contributed by atoms with E-state index in [0.717, 1.165) is 4.47 Å². The molecule has 0 aliphatic carbocycles. The number of hydrogen-bond donors (Lipinski definition) is 0. The molecule has 2 rings (SSSR count). The quantitative estimate of drug-likeness (QED) is 0.772. The molecule has 0 radical (unpaired) electrons. The molecule has 15 heavy (non-hydrogen) atoms. The summed E-state index contributed by atoms with van der Waals surface area (Å²) >= 11 is 8.03. The molecule has 0 aliphatic heterocycles. The Morgan fingerprint density at radius 3 is 2.80 bits per heavy atom. The van der Waals surface area contributed by atoms with E-state index in [2.05, 4.69) is 36.8 Å². The molecule has 76 valence electrons. The monoisotopic (exact) mass is 345 g/mol. The van der Waals surface area contributed by atoms with Crippen LogP contribution in [0.5, 0.6) is 0 Å². The van der Waals surface area contributed by atoms with Gasteiger partial charge < -0.3 is 0 Å². The maximum absolute atomic E-state index is 11.9. The molecule has 2 aromatic rings. The van der Waals surface area contributed by atoms with Crippen molar-refractivity contribution in [2.45, 2.75) is 0 Å². The molecule has 0 unspecified atom stereocenters. The van der Waals surface area contributed by atoms with Gasteiger partial charge >= 0.3 is 0 Å². The molecule has 2 heterocycles. The molecule has 0 saturated carbocycles. The lowest BCUT2D eigenvalue weighted by Gasteiger charge is -2.00. The van der Waals surface area contributed by atoms with E-state index >= 15 is 0 Å². The number of ketones is 1. The first-order chi connectivity index (χ1) is 7.18. The van der Waals surface area contributed by atoms with E-state index in [4.69, 9.17) is 0 Å². The molecule has 2 aromatic heterocycles. The second-order valence-electron chi connectivity index (χ2n) is 2.79. The molecule has 0 amide bonds. The SMILES string of the molecule is O=C(c1cccs1)c1ncc(Br)cc1Br. The van der Waals surface area contributed by atoms with Crippen molar-refractivity contribution in [3.05, 3.63) is 49.3 Å². The molecular formula is C10H5Br2NOS. The van der Waals surface area contributed by atoms with E-state index in [1.807, 2.05) is 17.5 Å². The highest BCUT2D eigenvalue weighted by atomic mass is 79.9. The minimum atomic E-state index is -0.0515. The fourth-order valence-corrected chi connectivity index (χ4v) is 2.94. The van der Waals surface area contributed by atoms with Gasteiger partial charge in [0.15, 0.2) is 0 Å². The van der Waals surface area contributed by atoms with Gasteiger partial charge in [-0.1, -0.05) is 6.07 Å². The van der Waals surface area contributed by atoms with Gasteiger partial charge in [0.1, 0.15) is 5.69 Å². The smallest absolute Gasteiger partial charge is 0.222 e. The average molecular weight is 347 g/mol. The van der Waals surface area contributed by atoms with Crippen LogP contribution in [0.4, 0.5) is 0 Å². The van der Waals surface area contributed by atoms with Crippen LogP contribution in [0.2, 0.25) is 0 Å². The van der Waals surface area contributed by atoms with Gasteiger partial charge in [-0.3, -0.25) is 9.78 Å². The Bertz CT molecular complexity index is 496. The number of rotatable bonds is 2. The van der Waals surface area contributed by atoms with Crippen LogP contribution in [0.1, 0.15) is 15.4 Å². The average Bonchev–Trinajstić information content (AvgIpc) is 2.69. The second-order valence-corrected chi connectivity index (χ2v) is 5.51. The number of aromatic nitrogens is 1. The number of thiophene rings is 1. The summed E-state index contributed by atoms with van der Waals surface area (Å²) in [7, 11) is 0. The number of nitrogens with zero attached hydrogens (tertiary/aromatic N) is 1. The van der Waals surface area contributed by atoms with E-state index in [1.54, 1.807) is 12.3 Å². The van der Waals surface area contributed by atoms with Crippen molar-refractivity contribution in [1.82, 2.24) is 4.98 Å². The first kappa shape index (κ1) is 11.0. The first-order valence-electron chi connectivity index (χ1n) is 4.08. The molecule has 0 N–H and O–H groups in total. The van der Waals surface area contributed by atoms with Crippen molar-refractivity contribution in [2.75, 3.05) is 0 Å². The van der Waals surface area contributed by atoms with Crippen molar-refractivity contribution < 1.29 is 4.79 Å². The van der Waals surface area contributed by atoms with Gasteiger partial charge in [0.25, 0.3) is 0 Å². The molecule has 5 heteroatoms. The topological polar surface area (TPSA) is 30.0 Å². The maximum Gasteiger partial charge on any atom is 0.222 e. The Labute approximate surface area is 108 Å². The molecule has 0 saturated heterocycles. The van der Waals surface area contributed by atoms with Crippen LogP contribution in [0, 0.1) is 0 Å². The summed E-state index contributed by atoms with van der Waals surface area (Å²) in [4.78, 5) is 16.7. The minimum Gasteiger partial charge on any atom is -0.286 e. The summed E-state index contributed by atoms with van der Waals surface area (Å²) in [6.45, 7) is 0. The second kappa shape index (κ2) is 4.55. The van der Waals surface area contributed by atoms with Crippen molar-refractivity contribution in [2.24, 2.45) is 0 Å². The van der Waals surface area contributed by atoms with Crippen molar-refractivity contribution in [3.8, 4) is 0 Å². The van der Waals surface area contributed by atoms with Gasteiger partial charge in [-0.15, -0.1) is 11.3 Å². The summed E-state index contributed by atoms with van der Waals surface area (Å²) < 4.78 is 1.55. The molecule has 0 aromatic carbocycles. The summed E-state index contributed by atoms with van der Waals surface area (Å²) in [5.41, 5.74) is 0.445.